The number of hydrogen-bond acceptors (Lipinski definition) is 4. The van der Waals surface area contributed by atoms with Crippen molar-refractivity contribution >= 4 is 44.0 Å². The van der Waals surface area contributed by atoms with Gasteiger partial charge in [-0.05, 0) is 65.4 Å². The molecule has 0 radical (unpaired) electrons. The minimum atomic E-state index is -0.710. The standard InChI is InChI=1S/C30H32FN7O2Si/c1-18-9-11-37(16-18)30(40)34-29-32-26-15-20(10-12-38(26)35-29)19-7-8-25-23(14-19)24(17-36(25)2)27(39)33-28(41-3)21-5-4-6-22(31)13-21/h4-8,10,12-15,17-18,28H,9,11,16,41H2,1-3H3,(H,33,39)(H,34,35,40)/t18-,28?/m1/s1. The molecule has 0 bridgehead atoms. The normalized spacial score (nSPS) is 16.2. The van der Waals surface area contributed by atoms with Crippen molar-refractivity contribution < 1.29 is 14.0 Å². The van der Waals surface area contributed by atoms with E-state index >= 15 is 0 Å². The predicted molar refractivity (Wildman–Crippen MR) is 160 cm³/mol. The van der Waals surface area contributed by atoms with Gasteiger partial charge in [0.25, 0.3) is 11.9 Å². The zero-order valence-electron chi connectivity index (χ0n) is 23.3. The molecule has 11 heteroatoms. The molecule has 2 aromatic carbocycles. The molecule has 6 rings (SSSR count). The molecule has 3 amide bonds. The maximum Gasteiger partial charge on any atom is 0.324 e. The minimum absolute atomic E-state index is 0.171. The van der Waals surface area contributed by atoms with Crippen molar-refractivity contribution in [1.29, 1.82) is 0 Å². The number of carbonyl (C=O) groups is 2. The highest BCUT2D eigenvalue weighted by Crippen LogP contribution is 2.29. The topological polar surface area (TPSA) is 96.6 Å². The van der Waals surface area contributed by atoms with Crippen molar-refractivity contribution in [2.24, 2.45) is 13.0 Å². The first-order valence-electron chi connectivity index (χ1n) is 13.9. The second kappa shape index (κ2) is 10.8. The van der Waals surface area contributed by atoms with Gasteiger partial charge in [0.05, 0.1) is 5.56 Å². The van der Waals surface area contributed by atoms with Crippen LogP contribution in [0.4, 0.5) is 15.1 Å². The van der Waals surface area contributed by atoms with Crippen molar-refractivity contribution in [3.05, 3.63) is 83.9 Å². The SMILES string of the molecule is C[SiH2]C(NC(=O)c1cn(C)c2ccc(-c3ccn4nc(NC(=O)N5CC[C@@H](C)C5)nc4c3)cc12)c1cccc(F)c1. The number of pyridine rings is 1. The van der Waals surface area contributed by atoms with Gasteiger partial charge < -0.3 is 14.8 Å². The molecule has 210 valence electrons. The van der Waals surface area contributed by atoms with Gasteiger partial charge in [-0.15, -0.1) is 5.10 Å². The molecule has 2 N–H and O–H groups in total. The van der Waals surface area contributed by atoms with Crippen LogP contribution in [0.2, 0.25) is 6.55 Å². The zero-order chi connectivity index (χ0) is 28.7. The lowest BCUT2D eigenvalue weighted by Gasteiger charge is -2.17. The Bertz CT molecular complexity index is 1780. The fraction of sp³-hybridized carbons (Fsp3) is 0.267. The van der Waals surface area contributed by atoms with E-state index in [-0.39, 0.29) is 29.4 Å². The number of nitrogens with one attached hydrogen (secondary N) is 2. The number of urea groups is 1. The number of amides is 3. The third-order valence-corrected chi connectivity index (χ3v) is 9.29. The Labute approximate surface area is 239 Å². The average molecular weight is 570 g/mol. The highest BCUT2D eigenvalue weighted by molar-refractivity contribution is 6.36. The van der Waals surface area contributed by atoms with Crippen molar-refractivity contribution in [3.63, 3.8) is 0 Å². The molecule has 1 saturated heterocycles. The zero-order valence-corrected chi connectivity index (χ0v) is 24.7. The first-order chi connectivity index (χ1) is 19.8. The van der Waals surface area contributed by atoms with Crippen LogP contribution in [-0.2, 0) is 7.05 Å². The lowest BCUT2D eigenvalue weighted by atomic mass is 10.0. The molecule has 0 aliphatic carbocycles. The number of carbonyl (C=O) groups excluding carboxylic acids is 2. The summed E-state index contributed by atoms with van der Waals surface area (Å²) < 4.78 is 17.4. The van der Waals surface area contributed by atoms with Gasteiger partial charge in [-0.1, -0.05) is 31.7 Å². The Morgan fingerprint density at radius 3 is 2.71 bits per heavy atom. The molecule has 1 aliphatic heterocycles. The van der Waals surface area contributed by atoms with E-state index < -0.39 is 9.52 Å². The summed E-state index contributed by atoms with van der Waals surface area (Å²) in [4.78, 5) is 32.4. The molecule has 4 heterocycles. The molecule has 1 aliphatic rings. The molecular formula is C30H32FN7O2Si. The van der Waals surface area contributed by atoms with Gasteiger partial charge >= 0.3 is 6.03 Å². The minimum Gasteiger partial charge on any atom is -0.350 e. The van der Waals surface area contributed by atoms with Crippen LogP contribution in [-0.4, -0.2) is 58.6 Å². The summed E-state index contributed by atoms with van der Waals surface area (Å²) in [6, 6.07) is 16.1. The highest BCUT2D eigenvalue weighted by atomic mass is 28.2. The van der Waals surface area contributed by atoms with Gasteiger partial charge in [0.1, 0.15) is 5.82 Å². The van der Waals surface area contributed by atoms with Crippen LogP contribution in [0.25, 0.3) is 27.7 Å². The smallest absolute Gasteiger partial charge is 0.324 e. The molecule has 1 fully saturated rings. The molecular weight excluding hydrogens is 537 g/mol. The third-order valence-electron chi connectivity index (χ3n) is 7.80. The molecule has 9 nitrogen and oxygen atoms in total. The van der Waals surface area contributed by atoms with Gasteiger partial charge in [0.2, 0.25) is 0 Å². The summed E-state index contributed by atoms with van der Waals surface area (Å²) in [6.07, 6.45) is 4.64. The molecule has 1 unspecified atom stereocenters. The Morgan fingerprint density at radius 1 is 1.12 bits per heavy atom. The van der Waals surface area contributed by atoms with Crippen LogP contribution in [0, 0.1) is 11.7 Å². The van der Waals surface area contributed by atoms with Crippen molar-refractivity contribution in [3.8, 4) is 11.1 Å². The predicted octanol–water partition coefficient (Wildman–Crippen LogP) is 4.55. The van der Waals surface area contributed by atoms with E-state index in [0.717, 1.165) is 47.1 Å². The Kier molecular flexibility index (Phi) is 7.04. The quantitative estimate of drug-likeness (QED) is 0.294. The van der Waals surface area contributed by atoms with Crippen LogP contribution in [0.1, 0.15) is 34.9 Å². The van der Waals surface area contributed by atoms with E-state index in [4.69, 9.17) is 0 Å². The van der Waals surface area contributed by atoms with Crippen LogP contribution < -0.4 is 10.6 Å². The van der Waals surface area contributed by atoms with E-state index in [0.29, 0.717) is 17.1 Å². The molecule has 5 aromatic rings. The second-order valence-corrected chi connectivity index (χ2v) is 12.4. The van der Waals surface area contributed by atoms with E-state index in [9.17, 15) is 14.0 Å². The van der Waals surface area contributed by atoms with Crippen LogP contribution in [0.5, 0.6) is 0 Å². The maximum atomic E-state index is 13.8. The highest BCUT2D eigenvalue weighted by Gasteiger charge is 2.24. The summed E-state index contributed by atoms with van der Waals surface area (Å²) in [6.45, 7) is 5.70. The molecule has 0 saturated carbocycles. The molecule has 2 atom stereocenters. The Hall–Kier alpha value is -4.51. The van der Waals surface area contributed by atoms with E-state index in [2.05, 4.69) is 34.2 Å². The summed E-state index contributed by atoms with van der Waals surface area (Å²) in [5.41, 5.74) is 4.55. The number of anilines is 1. The van der Waals surface area contributed by atoms with Gasteiger partial charge in [-0.3, -0.25) is 10.1 Å². The Balaban J connectivity index is 1.26. The van der Waals surface area contributed by atoms with E-state index in [1.807, 2.05) is 60.4 Å². The van der Waals surface area contributed by atoms with Gasteiger partial charge in [0.15, 0.2) is 5.65 Å². The van der Waals surface area contributed by atoms with Crippen LogP contribution in [0.3, 0.4) is 0 Å². The van der Waals surface area contributed by atoms with Crippen molar-refractivity contribution in [2.75, 3.05) is 18.4 Å². The van der Waals surface area contributed by atoms with E-state index in [1.165, 1.54) is 12.1 Å². The lowest BCUT2D eigenvalue weighted by molar-refractivity contribution is 0.0949. The largest absolute Gasteiger partial charge is 0.350 e. The number of aromatic nitrogens is 4. The van der Waals surface area contributed by atoms with Crippen molar-refractivity contribution in [2.45, 2.75) is 25.6 Å². The van der Waals surface area contributed by atoms with Gasteiger partial charge in [-0.25, -0.2) is 13.7 Å². The third kappa shape index (κ3) is 5.32. The lowest BCUT2D eigenvalue weighted by Crippen LogP contribution is -2.33. The molecule has 0 spiro atoms. The summed E-state index contributed by atoms with van der Waals surface area (Å²) in [7, 11) is 1.20. The fourth-order valence-electron chi connectivity index (χ4n) is 5.54. The number of nitrogens with zero attached hydrogens (tertiary/aromatic N) is 5. The number of fused-ring (bicyclic) bond motifs is 2. The monoisotopic (exact) mass is 569 g/mol. The summed E-state index contributed by atoms with van der Waals surface area (Å²) in [5.74, 6) is 0.266. The van der Waals surface area contributed by atoms with Gasteiger partial charge in [-0.2, -0.15) is 4.98 Å². The van der Waals surface area contributed by atoms with Crippen LogP contribution in [0.15, 0.2) is 67.0 Å². The van der Waals surface area contributed by atoms with Gasteiger partial charge in [0, 0.05) is 58.6 Å². The number of aryl methyl sites for hydroxylation is 1. The second-order valence-electron chi connectivity index (χ2n) is 10.8. The van der Waals surface area contributed by atoms with Crippen LogP contribution >= 0.6 is 0 Å². The first kappa shape index (κ1) is 26.7. The average Bonchev–Trinajstić information content (AvgIpc) is 3.67. The summed E-state index contributed by atoms with van der Waals surface area (Å²) in [5, 5.41) is 11.2. The van der Waals surface area contributed by atoms with E-state index in [1.54, 1.807) is 15.5 Å². The molecule has 41 heavy (non-hydrogen) atoms. The number of benzene rings is 2. The summed E-state index contributed by atoms with van der Waals surface area (Å²) >= 11 is 0. The van der Waals surface area contributed by atoms with Crippen molar-refractivity contribution in [1.82, 2.24) is 29.4 Å². The molecule has 3 aromatic heterocycles. The number of halogens is 1. The fourth-order valence-corrected chi connectivity index (χ4v) is 6.66. The first-order valence-corrected chi connectivity index (χ1v) is 16.1. The number of likely N-dealkylation sites (tertiary alicyclic amines) is 1. The number of rotatable bonds is 6. The Morgan fingerprint density at radius 2 is 1.95 bits per heavy atom. The number of hydrogen-bond donors (Lipinski definition) is 2. The maximum absolute atomic E-state index is 13.8.